The molecule has 1 unspecified atom stereocenters. The number of nitrogens with zero attached hydrogens (tertiary/aromatic N) is 1. The van der Waals surface area contributed by atoms with Crippen molar-refractivity contribution in [1.82, 2.24) is 10.3 Å². The number of amides is 1. The van der Waals surface area contributed by atoms with Crippen LogP contribution in [0, 0.1) is 6.92 Å². The number of carbonyl (C=O) groups excluding carboxylic acids is 1. The van der Waals surface area contributed by atoms with E-state index in [2.05, 4.69) is 10.3 Å². The number of furan rings is 1. The third kappa shape index (κ3) is 5.73. The van der Waals surface area contributed by atoms with Crippen molar-refractivity contribution in [2.75, 3.05) is 12.3 Å². The van der Waals surface area contributed by atoms with Crippen LogP contribution in [0.5, 0.6) is 0 Å². The van der Waals surface area contributed by atoms with Crippen LogP contribution in [0.2, 0.25) is 0 Å². The van der Waals surface area contributed by atoms with E-state index < -0.39 is 5.60 Å². The molecular formula is C17H22N2O3S. The maximum absolute atomic E-state index is 11.9. The van der Waals surface area contributed by atoms with Crippen LogP contribution in [-0.2, 0) is 16.1 Å². The zero-order valence-electron chi connectivity index (χ0n) is 13.4. The van der Waals surface area contributed by atoms with Crippen LogP contribution in [0.25, 0.3) is 0 Å². The minimum absolute atomic E-state index is 0.0814. The smallest absolute Gasteiger partial charge is 0.220 e. The number of hydrogen-bond donors (Lipinski definition) is 2. The third-order valence-electron chi connectivity index (χ3n) is 3.35. The second kappa shape index (κ2) is 8.17. The summed E-state index contributed by atoms with van der Waals surface area (Å²) < 4.78 is 5.42. The molecule has 23 heavy (non-hydrogen) atoms. The first kappa shape index (κ1) is 17.6. The largest absolute Gasteiger partial charge is 0.463 e. The molecule has 1 atom stereocenters. The Morgan fingerprint density at radius 2 is 2.22 bits per heavy atom. The van der Waals surface area contributed by atoms with Gasteiger partial charge in [-0.2, -0.15) is 11.8 Å². The summed E-state index contributed by atoms with van der Waals surface area (Å²) in [7, 11) is 0. The second-order valence-electron chi connectivity index (χ2n) is 5.58. The quantitative estimate of drug-likeness (QED) is 0.726. The molecule has 0 aliphatic heterocycles. The topological polar surface area (TPSA) is 75.4 Å². The number of aliphatic hydroxyl groups is 1. The van der Waals surface area contributed by atoms with E-state index in [1.165, 1.54) is 0 Å². The fraction of sp³-hybridized carbons (Fsp3) is 0.412. The molecule has 0 saturated carbocycles. The lowest BCUT2D eigenvalue weighted by atomic mass is 10.0. The highest BCUT2D eigenvalue weighted by Gasteiger charge is 2.27. The minimum Gasteiger partial charge on any atom is -0.463 e. The third-order valence-corrected chi connectivity index (χ3v) is 4.34. The summed E-state index contributed by atoms with van der Waals surface area (Å²) in [6.45, 7) is 3.57. The minimum atomic E-state index is -1.20. The first-order chi connectivity index (χ1) is 11.0. The Bertz CT molecular complexity index is 626. The molecule has 124 valence electrons. The van der Waals surface area contributed by atoms with Crippen LogP contribution < -0.4 is 5.32 Å². The number of nitrogens with one attached hydrogen (secondary N) is 1. The van der Waals surface area contributed by atoms with Crippen molar-refractivity contribution in [3.05, 3.63) is 53.7 Å². The van der Waals surface area contributed by atoms with Gasteiger partial charge in [-0.1, -0.05) is 6.07 Å². The van der Waals surface area contributed by atoms with E-state index in [9.17, 15) is 9.90 Å². The van der Waals surface area contributed by atoms with Gasteiger partial charge in [-0.15, -0.1) is 0 Å². The van der Waals surface area contributed by atoms with Gasteiger partial charge in [0.15, 0.2) is 0 Å². The first-order valence-electron chi connectivity index (χ1n) is 7.51. The molecule has 2 heterocycles. The SMILES string of the molecule is Cc1ccc(C(C)(O)CNC(=O)CCSCc2ccccn2)o1. The normalized spacial score (nSPS) is 13.5. The molecule has 2 aromatic rings. The lowest BCUT2D eigenvalue weighted by molar-refractivity contribution is -0.122. The molecule has 0 aromatic carbocycles. The summed E-state index contributed by atoms with van der Waals surface area (Å²) in [5.41, 5.74) is -0.195. The van der Waals surface area contributed by atoms with E-state index in [1.807, 2.05) is 25.1 Å². The molecule has 2 rings (SSSR count). The number of hydrogen-bond acceptors (Lipinski definition) is 5. The van der Waals surface area contributed by atoms with Gasteiger partial charge in [-0.3, -0.25) is 9.78 Å². The Kier molecular flexibility index (Phi) is 6.24. The molecule has 5 nitrogen and oxygen atoms in total. The Morgan fingerprint density at radius 1 is 1.39 bits per heavy atom. The molecule has 2 aromatic heterocycles. The average molecular weight is 334 g/mol. The molecule has 0 saturated heterocycles. The highest BCUT2D eigenvalue weighted by molar-refractivity contribution is 7.98. The summed E-state index contributed by atoms with van der Waals surface area (Å²) in [5.74, 6) is 2.61. The number of pyridine rings is 1. The van der Waals surface area contributed by atoms with Crippen LogP contribution in [0.4, 0.5) is 0 Å². The van der Waals surface area contributed by atoms with Crippen molar-refractivity contribution in [3.63, 3.8) is 0 Å². The van der Waals surface area contributed by atoms with Gasteiger partial charge in [0, 0.05) is 24.1 Å². The van der Waals surface area contributed by atoms with Gasteiger partial charge in [-0.05, 0) is 38.1 Å². The maximum Gasteiger partial charge on any atom is 0.220 e. The zero-order valence-corrected chi connectivity index (χ0v) is 14.2. The fourth-order valence-corrected chi connectivity index (χ4v) is 2.85. The highest BCUT2D eigenvalue weighted by atomic mass is 32.2. The number of aromatic nitrogens is 1. The number of carbonyl (C=O) groups is 1. The highest BCUT2D eigenvalue weighted by Crippen LogP contribution is 2.22. The van der Waals surface area contributed by atoms with Gasteiger partial charge in [0.2, 0.25) is 5.91 Å². The van der Waals surface area contributed by atoms with E-state index in [4.69, 9.17) is 4.42 Å². The van der Waals surface area contributed by atoms with Crippen molar-refractivity contribution in [1.29, 1.82) is 0 Å². The summed E-state index contributed by atoms with van der Waals surface area (Å²) in [6, 6.07) is 9.32. The summed E-state index contributed by atoms with van der Waals surface area (Å²) in [6.07, 6.45) is 2.17. The molecule has 0 bridgehead atoms. The molecule has 0 aliphatic rings. The van der Waals surface area contributed by atoms with Crippen molar-refractivity contribution < 1.29 is 14.3 Å². The van der Waals surface area contributed by atoms with Crippen molar-refractivity contribution >= 4 is 17.7 Å². The van der Waals surface area contributed by atoms with E-state index in [-0.39, 0.29) is 12.5 Å². The van der Waals surface area contributed by atoms with Crippen LogP contribution in [0.15, 0.2) is 40.9 Å². The Morgan fingerprint density at radius 3 is 2.87 bits per heavy atom. The summed E-state index contributed by atoms with van der Waals surface area (Å²) >= 11 is 1.66. The van der Waals surface area contributed by atoms with Crippen molar-refractivity contribution in [3.8, 4) is 0 Å². The second-order valence-corrected chi connectivity index (χ2v) is 6.69. The number of rotatable bonds is 8. The molecule has 0 fully saturated rings. The van der Waals surface area contributed by atoms with Crippen molar-refractivity contribution in [2.24, 2.45) is 0 Å². The molecule has 0 spiro atoms. The zero-order chi connectivity index (χ0) is 16.7. The average Bonchev–Trinajstić information content (AvgIpc) is 2.98. The molecule has 1 amide bonds. The number of thioether (sulfide) groups is 1. The molecule has 0 aliphatic carbocycles. The van der Waals surface area contributed by atoms with E-state index in [1.54, 1.807) is 37.0 Å². The van der Waals surface area contributed by atoms with Gasteiger partial charge in [0.25, 0.3) is 0 Å². The molecule has 2 N–H and O–H groups in total. The van der Waals surface area contributed by atoms with Crippen LogP contribution in [0.3, 0.4) is 0 Å². The van der Waals surface area contributed by atoms with Crippen LogP contribution >= 0.6 is 11.8 Å². The molecule has 0 radical (unpaired) electrons. The van der Waals surface area contributed by atoms with Crippen molar-refractivity contribution in [2.45, 2.75) is 31.6 Å². The van der Waals surface area contributed by atoms with Gasteiger partial charge in [-0.25, -0.2) is 0 Å². The standard InChI is InChI=1S/C17H22N2O3S/c1-13-6-7-15(22-13)17(2,21)12-19-16(20)8-10-23-11-14-5-3-4-9-18-14/h3-7,9,21H,8,10-12H2,1-2H3,(H,19,20). The van der Waals surface area contributed by atoms with Gasteiger partial charge in [0.05, 0.1) is 12.2 Å². The van der Waals surface area contributed by atoms with Gasteiger partial charge in [0.1, 0.15) is 17.1 Å². The monoisotopic (exact) mass is 334 g/mol. The lowest BCUT2D eigenvalue weighted by Crippen LogP contribution is -2.38. The Balaban J connectivity index is 1.67. The van der Waals surface area contributed by atoms with Crippen LogP contribution in [0.1, 0.15) is 30.6 Å². The molecule has 6 heteroatoms. The Hall–Kier alpha value is -1.79. The summed E-state index contributed by atoms with van der Waals surface area (Å²) in [5, 5.41) is 13.1. The first-order valence-corrected chi connectivity index (χ1v) is 8.66. The Labute approximate surface area is 140 Å². The lowest BCUT2D eigenvalue weighted by Gasteiger charge is -2.21. The number of aryl methyl sites for hydroxylation is 1. The van der Waals surface area contributed by atoms with Gasteiger partial charge < -0.3 is 14.8 Å². The predicted molar refractivity (Wildman–Crippen MR) is 91.0 cm³/mol. The maximum atomic E-state index is 11.9. The predicted octanol–water partition coefficient (Wildman–Crippen LogP) is 2.63. The molecular weight excluding hydrogens is 312 g/mol. The fourth-order valence-electron chi connectivity index (χ4n) is 2.00. The van der Waals surface area contributed by atoms with Gasteiger partial charge >= 0.3 is 0 Å². The van der Waals surface area contributed by atoms with Crippen LogP contribution in [-0.4, -0.2) is 28.3 Å². The van der Waals surface area contributed by atoms with E-state index >= 15 is 0 Å². The van der Waals surface area contributed by atoms with E-state index in [0.717, 1.165) is 17.2 Å². The summed E-state index contributed by atoms with van der Waals surface area (Å²) in [4.78, 5) is 16.1. The van der Waals surface area contributed by atoms with E-state index in [0.29, 0.717) is 17.9 Å².